The predicted molar refractivity (Wildman–Crippen MR) is 117 cm³/mol. The van der Waals surface area contributed by atoms with Crippen molar-refractivity contribution in [3.8, 4) is 0 Å². The second kappa shape index (κ2) is 7.75. The maximum absolute atomic E-state index is 12.4. The molecule has 0 bridgehead atoms. The Morgan fingerprint density at radius 1 is 1.24 bits per heavy atom. The van der Waals surface area contributed by atoms with Crippen molar-refractivity contribution in [1.29, 1.82) is 0 Å². The summed E-state index contributed by atoms with van der Waals surface area (Å²) in [5.74, 6) is 1.26. The molecule has 0 aliphatic heterocycles. The second-order valence-electron chi connectivity index (χ2n) is 6.95. The molecule has 1 N–H and O–H groups in total. The van der Waals surface area contributed by atoms with Crippen LogP contribution in [0, 0.1) is 13.8 Å². The Balaban J connectivity index is 1.74. The summed E-state index contributed by atoms with van der Waals surface area (Å²) in [7, 11) is 1.81. The Hall–Kier alpha value is -2.46. The first-order valence-corrected chi connectivity index (χ1v) is 11.2. The molecule has 0 aliphatic carbocycles. The van der Waals surface area contributed by atoms with Gasteiger partial charge in [-0.2, -0.15) is 0 Å². The number of hydrogen-bond acceptors (Lipinski definition) is 7. The van der Waals surface area contributed by atoms with Gasteiger partial charge in [-0.25, -0.2) is 19.7 Å². The highest BCUT2D eigenvalue weighted by Crippen LogP contribution is 2.35. The number of aromatic amines is 1. The minimum atomic E-state index is -0.407. The number of aryl methyl sites for hydroxylation is 4. The number of rotatable bonds is 6. The summed E-state index contributed by atoms with van der Waals surface area (Å²) in [6.07, 6.45) is 3.38. The van der Waals surface area contributed by atoms with Crippen LogP contribution in [0.25, 0.3) is 21.4 Å². The van der Waals surface area contributed by atoms with Crippen LogP contribution < -0.4 is 11.2 Å². The number of nitrogens with one attached hydrogen (secondary N) is 1. The van der Waals surface area contributed by atoms with E-state index in [0.29, 0.717) is 23.5 Å². The molecule has 0 radical (unpaired) electrons. The highest BCUT2D eigenvalue weighted by atomic mass is 32.2. The van der Waals surface area contributed by atoms with E-state index in [1.165, 1.54) is 10.4 Å². The van der Waals surface area contributed by atoms with Crippen molar-refractivity contribution in [2.75, 3.05) is 0 Å². The number of nitrogens with zero attached hydrogens (tertiary/aromatic N) is 5. The van der Waals surface area contributed by atoms with Crippen molar-refractivity contribution in [2.45, 2.75) is 50.9 Å². The molecule has 152 valence electrons. The third kappa shape index (κ3) is 3.40. The fourth-order valence-electron chi connectivity index (χ4n) is 3.34. The van der Waals surface area contributed by atoms with Crippen LogP contribution in [0.5, 0.6) is 0 Å². The average Bonchev–Trinajstić information content (AvgIpc) is 3.17. The van der Waals surface area contributed by atoms with Gasteiger partial charge in [0.25, 0.3) is 5.56 Å². The third-order valence-electron chi connectivity index (χ3n) is 5.11. The van der Waals surface area contributed by atoms with Gasteiger partial charge in [0.15, 0.2) is 11.2 Å². The molecule has 0 saturated heterocycles. The number of aromatic nitrogens is 6. The van der Waals surface area contributed by atoms with E-state index in [1.54, 1.807) is 38.6 Å². The Morgan fingerprint density at radius 3 is 2.79 bits per heavy atom. The smallest absolute Gasteiger partial charge is 0.325 e. The molecule has 29 heavy (non-hydrogen) atoms. The van der Waals surface area contributed by atoms with Crippen molar-refractivity contribution in [2.24, 2.45) is 7.05 Å². The number of H-pyrrole nitrogens is 1. The molecule has 10 heteroatoms. The third-order valence-corrected chi connectivity index (χ3v) is 7.21. The van der Waals surface area contributed by atoms with Crippen LogP contribution in [0.1, 0.15) is 36.0 Å². The summed E-state index contributed by atoms with van der Waals surface area (Å²) in [5.41, 5.74) is 1.25. The molecule has 0 unspecified atom stereocenters. The maximum atomic E-state index is 12.4. The van der Waals surface area contributed by atoms with E-state index >= 15 is 0 Å². The monoisotopic (exact) mass is 430 g/mol. The first-order valence-electron chi connectivity index (χ1n) is 9.44. The molecule has 0 fully saturated rings. The predicted octanol–water partition coefficient (Wildman–Crippen LogP) is 3.14. The molecular formula is C19H22N6O2S2. The Kier molecular flexibility index (Phi) is 5.30. The van der Waals surface area contributed by atoms with Crippen LogP contribution in [0.4, 0.5) is 0 Å². The lowest BCUT2D eigenvalue weighted by atomic mass is 10.2. The van der Waals surface area contributed by atoms with Crippen molar-refractivity contribution < 1.29 is 0 Å². The van der Waals surface area contributed by atoms with Crippen LogP contribution in [0.2, 0.25) is 0 Å². The first kappa shape index (κ1) is 19.8. The molecule has 0 saturated carbocycles. The molecule has 0 aliphatic rings. The lowest BCUT2D eigenvalue weighted by Crippen LogP contribution is -2.31. The van der Waals surface area contributed by atoms with Crippen molar-refractivity contribution >= 4 is 44.5 Å². The molecule has 0 amide bonds. The largest absolute Gasteiger partial charge is 0.330 e. The topological polar surface area (TPSA) is 98.5 Å². The number of hydrogen-bond donors (Lipinski definition) is 1. The minimum absolute atomic E-state index is 0.405. The van der Waals surface area contributed by atoms with Gasteiger partial charge in [0.05, 0.1) is 5.75 Å². The second-order valence-corrected chi connectivity index (χ2v) is 9.12. The van der Waals surface area contributed by atoms with Gasteiger partial charge in [0.2, 0.25) is 0 Å². The molecule has 4 aromatic heterocycles. The van der Waals surface area contributed by atoms with Gasteiger partial charge in [0, 0.05) is 23.9 Å². The molecular weight excluding hydrogens is 408 g/mol. The fourth-order valence-corrected chi connectivity index (χ4v) is 5.44. The summed E-state index contributed by atoms with van der Waals surface area (Å²) in [6.45, 7) is 6.77. The highest BCUT2D eigenvalue weighted by Gasteiger charge is 2.18. The van der Waals surface area contributed by atoms with Gasteiger partial charge < -0.3 is 4.57 Å². The number of thioether (sulfide) groups is 1. The molecule has 4 aromatic rings. The lowest BCUT2D eigenvalue weighted by molar-refractivity contribution is 0.613. The fraction of sp³-hybridized carbons (Fsp3) is 0.421. The van der Waals surface area contributed by atoms with Crippen LogP contribution in [0.15, 0.2) is 20.9 Å². The molecule has 4 heterocycles. The van der Waals surface area contributed by atoms with Gasteiger partial charge in [-0.05, 0) is 25.8 Å². The zero-order chi connectivity index (χ0) is 20.7. The molecule has 8 nitrogen and oxygen atoms in total. The van der Waals surface area contributed by atoms with Gasteiger partial charge in [0.1, 0.15) is 22.0 Å². The zero-order valence-electron chi connectivity index (χ0n) is 16.8. The van der Waals surface area contributed by atoms with Crippen LogP contribution in [-0.4, -0.2) is 29.1 Å². The average molecular weight is 431 g/mol. The molecule has 0 aromatic carbocycles. The standard InChI is InChI=1S/C19H22N6O2S2/c1-5-6-7-25-15-14(16(26)23-19(25)27)24(4)12(22-15)8-28-17-13-10(2)11(3)29-18(13)21-9-20-17/h9H,5-8H2,1-4H3,(H,23,26,27). The highest BCUT2D eigenvalue weighted by molar-refractivity contribution is 7.98. The Bertz CT molecular complexity index is 1330. The molecule has 4 rings (SSSR count). The summed E-state index contributed by atoms with van der Waals surface area (Å²) >= 11 is 3.23. The van der Waals surface area contributed by atoms with E-state index in [-0.39, 0.29) is 0 Å². The normalized spacial score (nSPS) is 11.7. The summed E-state index contributed by atoms with van der Waals surface area (Å²) in [5, 5.41) is 1.98. The van der Waals surface area contributed by atoms with Crippen LogP contribution >= 0.6 is 23.1 Å². The van der Waals surface area contributed by atoms with Crippen LogP contribution in [-0.2, 0) is 19.3 Å². The summed E-state index contributed by atoms with van der Waals surface area (Å²) in [6, 6.07) is 0. The van der Waals surface area contributed by atoms with E-state index < -0.39 is 11.2 Å². The first-order chi connectivity index (χ1) is 13.9. The Labute approximate surface area is 175 Å². The van der Waals surface area contributed by atoms with E-state index in [0.717, 1.165) is 33.9 Å². The van der Waals surface area contributed by atoms with E-state index in [1.807, 2.05) is 7.05 Å². The van der Waals surface area contributed by atoms with Crippen molar-refractivity contribution in [1.82, 2.24) is 29.1 Å². The lowest BCUT2D eigenvalue weighted by Gasteiger charge is -2.04. The van der Waals surface area contributed by atoms with Gasteiger partial charge in [-0.3, -0.25) is 14.3 Å². The van der Waals surface area contributed by atoms with E-state index in [2.05, 4.69) is 40.7 Å². The molecule has 0 atom stereocenters. The van der Waals surface area contributed by atoms with E-state index in [4.69, 9.17) is 0 Å². The number of imidazole rings is 1. The van der Waals surface area contributed by atoms with Crippen molar-refractivity contribution in [3.63, 3.8) is 0 Å². The summed E-state index contributed by atoms with van der Waals surface area (Å²) in [4.78, 5) is 42.8. The maximum Gasteiger partial charge on any atom is 0.330 e. The zero-order valence-corrected chi connectivity index (χ0v) is 18.4. The van der Waals surface area contributed by atoms with Gasteiger partial charge >= 0.3 is 5.69 Å². The number of unbranched alkanes of at least 4 members (excludes halogenated alkanes) is 1. The van der Waals surface area contributed by atoms with E-state index in [9.17, 15) is 9.59 Å². The van der Waals surface area contributed by atoms with Crippen LogP contribution in [0.3, 0.4) is 0 Å². The number of thiophene rings is 1. The molecule has 0 spiro atoms. The Morgan fingerprint density at radius 2 is 2.03 bits per heavy atom. The quantitative estimate of drug-likeness (QED) is 0.373. The minimum Gasteiger partial charge on any atom is -0.325 e. The van der Waals surface area contributed by atoms with Gasteiger partial charge in [-0.1, -0.05) is 25.1 Å². The van der Waals surface area contributed by atoms with Gasteiger partial charge in [-0.15, -0.1) is 11.3 Å². The van der Waals surface area contributed by atoms with Crippen molar-refractivity contribution in [3.05, 3.63) is 43.4 Å². The number of fused-ring (bicyclic) bond motifs is 2. The summed E-state index contributed by atoms with van der Waals surface area (Å²) < 4.78 is 3.33. The SMILES string of the molecule is CCCCn1c(=O)[nH]c(=O)c2c1nc(CSc1ncnc3sc(C)c(C)c13)n2C.